The van der Waals surface area contributed by atoms with Crippen LogP contribution in [0.2, 0.25) is 0 Å². The number of benzene rings is 1. The van der Waals surface area contributed by atoms with Gasteiger partial charge in [0.25, 0.3) is 0 Å². The normalized spacial score (nSPS) is 21.9. The zero-order chi connectivity index (χ0) is 24.8. The van der Waals surface area contributed by atoms with Crippen LogP contribution >= 0.6 is 0 Å². The third-order valence-corrected chi connectivity index (χ3v) is 7.57. The fourth-order valence-corrected chi connectivity index (χ4v) is 5.64. The second-order valence-electron chi connectivity index (χ2n) is 10.5. The maximum absolute atomic E-state index is 13.7. The zero-order valence-corrected chi connectivity index (χ0v) is 21.5. The molecule has 1 aromatic heterocycles. The van der Waals surface area contributed by atoms with Gasteiger partial charge in [-0.15, -0.1) is 0 Å². The van der Waals surface area contributed by atoms with Crippen LogP contribution < -0.4 is 4.74 Å². The van der Waals surface area contributed by atoms with Gasteiger partial charge in [0.2, 0.25) is 11.8 Å². The Morgan fingerprint density at radius 2 is 1.94 bits per heavy atom. The molecule has 7 nitrogen and oxygen atoms in total. The van der Waals surface area contributed by atoms with Gasteiger partial charge in [-0.1, -0.05) is 38.5 Å². The number of fused-ring (bicyclic) bond motifs is 1. The van der Waals surface area contributed by atoms with Gasteiger partial charge >= 0.3 is 0 Å². The predicted octanol–water partition coefficient (Wildman–Crippen LogP) is 4.27. The van der Waals surface area contributed by atoms with E-state index in [4.69, 9.17) is 4.74 Å². The molecule has 0 radical (unpaired) electrons. The van der Waals surface area contributed by atoms with Crippen molar-refractivity contribution in [1.82, 2.24) is 19.4 Å². The number of ether oxygens (including phenoxy) is 1. The molecule has 2 aromatic rings. The summed E-state index contributed by atoms with van der Waals surface area (Å²) in [7, 11) is 1.87. The Bertz CT molecular complexity index is 1020. The minimum absolute atomic E-state index is 0.131. The number of imidazole rings is 1. The lowest BCUT2D eigenvalue weighted by atomic mass is 9.74. The number of amides is 2. The summed E-state index contributed by atoms with van der Waals surface area (Å²) < 4.78 is 8.12. The summed E-state index contributed by atoms with van der Waals surface area (Å²) in [4.78, 5) is 35.2. The van der Waals surface area contributed by atoms with E-state index in [1.54, 1.807) is 6.20 Å². The second kappa shape index (κ2) is 11.3. The Morgan fingerprint density at radius 1 is 1.14 bits per heavy atom. The van der Waals surface area contributed by atoms with Crippen molar-refractivity contribution in [3.63, 3.8) is 0 Å². The topological polar surface area (TPSA) is 67.7 Å². The van der Waals surface area contributed by atoms with Crippen LogP contribution in [-0.4, -0.2) is 64.5 Å². The first kappa shape index (κ1) is 25.3. The highest BCUT2D eigenvalue weighted by atomic mass is 16.5. The standard InChI is InChI=1S/C28H40N4O3/c1-22(2)26-29-15-18-31(26)17-12-25(33)32-16-8-14-28(21-32)13-7-6-10-23-9-4-5-11-24(23)35-20-19-30(3)27(28)34/h4-5,9,11,15,18,22H,6-8,10,12-14,16-17,19-21H2,1-3H3. The molecule has 2 amide bonds. The van der Waals surface area contributed by atoms with Crippen LogP contribution in [0.3, 0.4) is 0 Å². The number of rotatable bonds is 4. The van der Waals surface area contributed by atoms with Crippen LogP contribution in [0, 0.1) is 5.41 Å². The monoisotopic (exact) mass is 480 g/mol. The fourth-order valence-electron chi connectivity index (χ4n) is 5.64. The number of carbonyl (C=O) groups is 2. The van der Waals surface area contributed by atoms with Gasteiger partial charge < -0.3 is 19.1 Å². The maximum atomic E-state index is 13.7. The molecule has 2 aliphatic heterocycles. The summed E-state index contributed by atoms with van der Waals surface area (Å²) >= 11 is 0. The van der Waals surface area contributed by atoms with Gasteiger partial charge in [-0.25, -0.2) is 4.98 Å². The molecular formula is C28H40N4O3. The highest BCUT2D eigenvalue weighted by Gasteiger charge is 2.44. The van der Waals surface area contributed by atoms with Crippen LogP contribution in [0.1, 0.15) is 69.7 Å². The van der Waals surface area contributed by atoms with E-state index in [0.717, 1.165) is 56.6 Å². The SMILES string of the molecule is CC(C)c1nccn1CCC(=O)N1CCCC2(CCCCc3ccccc3OCCN(C)C2=O)C1. The molecular weight excluding hydrogens is 440 g/mol. The number of hydrogen-bond donors (Lipinski definition) is 0. The molecule has 3 heterocycles. The molecule has 1 atom stereocenters. The van der Waals surface area contributed by atoms with Crippen molar-refractivity contribution in [3.8, 4) is 5.75 Å². The number of hydrogen-bond acceptors (Lipinski definition) is 4. The Kier molecular flexibility index (Phi) is 8.14. The first-order valence-corrected chi connectivity index (χ1v) is 13.1. The summed E-state index contributed by atoms with van der Waals surface area (Å²) in [6.07, 6.45) is 9.63. The van der Waals surface area contributed by atoms with Gasteiger partial charge in [0.15, 0.2) is 0 Å². The number of aromatic nitrogens is 2. The third kappa shape index (κ3) is 5.88. The molecule has 1 unspecified atom stereocenters. The van der Waals surface area contributed by atoms with E-state index in [1.807, 2.05) is 35.2 Å². The minimum Gasteiger partial charge on any atom is -0.491 e. The first-order valence-electron chi connectivity index (χ1n) is 13.1. The van der Waals surface area contributed by atoms with Gasteiger partial charge in [-0.05, 0) is 43.7 Å². The second-order valence-corrected chi connectivity index (χ2v) is 10.5. The van der Waals surface area contributed by atoms with Crippen molar-refractivity contribution >= 4 is 11.8 Å². The van der Waals surface area contributed by atoms with E-state index >= 15 is 0 Å². The van der Waals surface area contributed by atoms with Crippen molar-refractivity contribution in [3.05, 3.63) is 48.0 Å². The largest absolute Gasteiger partial charge is 0.491 e. The van der Waals surface area contributed by atoms with E-state index in [2.05, 4.69) is 35.5 Å². The number of aryl methyl sites for hydroxylation is 2. The number of likely N-dealkylation sites (N-methyl/N-ethyl adjacent to an activating group) is 1. The number of piperidine rings is 1. The Balaban J connectivity index is 1.44. The summed E-state index contributed by atoms with van der Waals surface area (Å²) in [5.74, 6) is 2.54. The Hall–Kier alpha value is -2.83. The van der Waals surface area contributed by atoms with Gasteiger partial charge in [-0.2, -0.15) is 0 Å². The zero-order valence-electron chi connectivity index (χ0n) is 21.5. The van der Waals surface area contributed by atoms with Crippen molar-refractivity contribution in [2.75, 3.05) is 33.3 Å². The fraction of sp³-hybridized carbons (Fsp3) is 0.607. The summed E-state index contributed by atoms with van der Waals surface area (Å²) in [6.45, 7) is 7.13. The van der Waals surface area contributed by atoms with Crippen molar-refractivity contribution in [1.29, 1.82) is 0 Å². The highest BCUT2D eigenvalue weighted by molar-refractivity contribution is 5.84. The van der Waals surface area contributed by atoms with Crippen LogP contribution in [0.4, 0.5) is 0 Å². The molecule has 0 bridgehead atoms. The lowest BCUT2D eigenvalue weighted by Gasteiger charge is -2.44. The van der Waals surface area contributed by atoms with E-state index in [9.17, 15) is 9.59 Å². The smallest absolute Gasteiger partial charge is 0.230 e. The highest BCUT2D eigenvalue weighted by Crippen LogP contribution is 2.38. The number of nitrogens with zero attached hydrogens (tertiary/aromatic N) is 4. The number of likely N-dealkylation sites (tertiary alicyclic amines) is 1. The third-order valence-electron chi connectivity index (χ3n) is 7.57. The van der Waals surface area contributed by atoms with Gasteiger partial charge in [0.05, 0.1) is 12.0 Å². The molecule has 4 rings (SSSR count). The van der Waals surface area contributed by atoms with Crippen molar-refractivity contribution in [2.45, 2.75) is 71.3 Å². The first-order chi connectivity index (χ1) is 16.9. The van der Waals surface area contributed by atoms with E-state index in [1.165, 1.54) is 5.56 Å². The molecule has 35 heavy (non-hydrogen) atoms. The molecule has 0 saturated carbocycles. The summed E-state index contributed by atoms with van der Waals surface area (Å²) in [5.41, 5.74) is 0.733. The molecule has 190 valence electrons. The van der Waals surface area contributed by atoms with Gasteiger partial charge in [0.1, 0.15) is 18.2 Å². The van der Waals surface area contributed by atoms with E-state index in [-0.39, 0.29) is 11.8 Å². The lowest BCUT2D eigenvalue weighted by Crippen LogP contribution is -2.54. The van der Waals surface area contributed by atoms with Crippen molar-refractivity contribution in [2.24, 2.45) is 5.41 Å². The molecule has 1 fully saturated rings. The predicted molar refractivity (Wildman–Crippen MR) is 136 cm³/mol. The molecule has 0 N–H and O–H groups in total. The molecule has 1 saturated heterocycles. The van der Waals surface area contributed by atoms with E-state index < -0.39 is 5.41 Å². The van der Waals surface area contributed by atoms with Crippen LogP contribution in [0.5, 0.6) is 5.75 Å². The average Bonchev–Trinajstić information content (AvgIpc) is 3.34. The molecule has 1 aromatic carbocycles. The van der Waals surface area contributed by atoms with Crippen LogP contribution in [0.15, 0.2) is 36.7 Å². The quantitative estimate of drug-likeness (QED) is 0.656. The Morgan fingerprint density at radius 3 is 2.77 bits per heavy atom. The van der Waals surface area contributed by atoms with Gasteiger partial charge in [-0.3, -0.25) is 9.59 Å². The van der Waals surface area contributed by atoms with E-state index in [0.29, 0.717) is 38.6 Å². The van der Waals surface area contributed by atoms with Crippen LogP contribution in [0.25, 0.3) is 0 Å². The van der Waals surface area contributed by atoms with Crippen molar-refractivity contribution < 1.29 is 14.3 Å². The van der Waals surface area contributed by atoms with Gasteiger partial charge in [0, 0.05) is 51.4 Å². The Labute approximate surface area is 209 Å². The average molecular weight is 481 g/mol. The number of para-hydroxylation sites is 1. The molecule has 7 heteroatoms. The molecule has 2 aliphatic rings. The maximum Gasteiger partial charge on any atom is 0.230 e. The summed E-state index contributed by atoms with van der Waals surface area (Å²) in [5, 5.41) is 0. The summed E-state index contributed by atoms with van der Waals surface area (Å²) in [6, 6.07) is 8.21. The lowest BCUT2D eigenvalue weighted by molar-refractivity contribution is -0.149. The number of carbonyl (C=O) groups excluding carboxylic acids is 2. The molecule has 0 aliphatic carbocycles. The minimum atomic E-state index is -0.501. The molecule has 1 spiro atoms. The van der Waals surface area contributed by atoms with Crippen LogP contribution in [-0.2, 0) is 22.6 Å².